The molecular formula is C18H30N3O3+. The van der Waals surface area contributed by atoms with E-state index < -0.39 is 0 Å². The van der Waals surface area contributed by atoms with E-state index >= 15 is 0 Å². The van der Waals surface area contributed by atoms with Gasteiger partial charge < -0.3 is 19.9 Å². The first-order valence-corrected chi connectivity index (χ1v) is 8.23. The van der Waals surface area contributed by atoms with Crippen LogP contribution in [-0.4, -0.2) is 53.2 Å². The second kappa shape index (κ2) is 9.27. The summed E-state index contributed by atoms with van der Waals surface area (Å²) in [5.74, 6) is -0.869. The van der Waals surface area contributed by atoms with Crippen molar-refractivity contribution in [2.45, 2.75) is 19.9 Å². The van der Waals surface area contributed by atoms with Crippen molar-refractivity contribution in [1.29, 1.82) is 0 Å². The van der Waals surface area contributed by atoms with Crippen molar-refractivity contribution in [3.05, 3.63) is 29.8 Å². The number of hydrogen-bond acceptors (Lipinski definition) is 4. The molecule has 0 aliphatic carbocycles. The molecule has 6 nitrogen and oxygen atoms in total. The molecule has 1 rings (SSSR count). The minimum Gasteiger partial charge on any atom is -0.455 e. The highest BCUT2D eigenvalue weighted by Gasteiger charge is 2.19. The Kier molecular flexibility index (Phi) is 7.71. The van der Waals surface area contributed by atoms with Gasteiger partial charge >= 0.3 is 5.97 Å². The third-order valence-corrected chi connectivity index (χ3v) is 3.83. The zero-order valence-electron chi connectivity index (χ0n) is 15.6. The van der Waals surface area contributed by atoms with Crippen LogP contribution in [0, 0.1) is 5.92 Å². The maximum atomic E-state index is 11.9. The first-order valence-electron chi connectivity index (χ1n) is 8.23. The Bertz CT molecular complexity index is 539. The van der Waals surface area contributed by atoms with E-state index in [9.17, 15) is 9.59 Å². The van der Waals surface area contributed by atoms with E-state index in [1.165, 1.54) is 4.90 Å². The summed E-state index contributed by atoms with van der Waals surface area (Å²) in [5, 5.41) is 2.85. The van der Waals surface area contributed by atoms with Crippen LogP contribution in [0.5, 0.6) is 0 Å². The Morgan fingerprint density at radius 3 is 2.21 bits per heavy atom. The summed E-state index contributed by atoms with van der Waals surface area (Å²) in [4.78, 5) is 26.5. The van der Waals surface area contributed by atoms with Gasteiger partial charge in [-0.25, -0.2) is 0 Å². The summed E-state index contributed by atoms with van der Waals surface area (Å²) in [6.45, 7) is 3.74. The average molecular weight is 336 g/mol. The number of carbonyl (C=O) groups is 2. The number of nitrogens with zero attached hydrogens (tertiary/aromatic N) is 1. The molecule has 0 heterocycles. The van der Waals surface area contributed by atoms with Gasteiger partial charge in [-0.3, -0.25) is 9.59 Å². The van der Waals surface area contributed by atoms with Crippen molar-refractivity contribution in [2.75, 3.05) is 46.2 Å². The van der Waals surface area contributed by atoms with Crippen LogP contribution in [0.1, 0.15) is 25.5 Å². The zero-order chi connectivity index (χ0) is 18.3. The molecular weight excluding hydrogens is 306 g/mol. The quantitative estimate of drug-likeness (QED) is 0.668. The third-order valence-electron chi connectivity index (χ3n) is 3.83. The van der Waals surface area contributed by atoms with Crippen LogP contribution in [0.15, 0.2) is 24.3 Å². The Labute approximate surface area is 144 Å². The van der Waals surface area contributed by atoms with Crippen molar-refractivity contribution in [1.82, 2.24) is 5.32 Å². The molecule has 134 valence electrons. The molecule has 6 heteroatoms. The topological polar surface area (TPSA) is 63.1 Å². The lowest BCUT2D eigenvalue weighted by atomic mass is 10.1. The van der Waals surface area contributed by atoms with Crippen LogP contribution in [0.25, 0.3) is 0 Å². The number of amides is 1. The minimum atomic E-state index is -0.362. The molecule has 0 fully saturated rings. The number of esters is 1. The highest BCUT2D eigenvalue weighted by atomic mass is 16.5. The molecule has 1 aromatic rings. The Morgan fingerprint density at radius 1 is 1.17 bits per heavy atom. The number of hydrogen-bond donors (Lipinski definition) is 2. The fourth-order valence-electron chi connectivity index (χ4n) is 2.23. The van der Waals surface area contributed by atoms with E-state index in [1.54, 1.807) is 13.8 Å². The van der Waals surface area contributed by atoms with Crippen molar-refractivity contribution >= 4 is 17.6 Å². The van der Waals surface area contributed by atoms with Crippen LogP contribution in [0.3, 0.4) is 0 Å². The van der Waals surface area contributed by atoms with Crippen LogP contribution in [-0.2, 0) is 14.3 Å². The Morgan fingerprint density at radius 2 is 1.75 bits per heavy atom. The molecule has 0 bridgehead atoms. The third kappa shape index (κ3) is 6.20. The maximum Gasteiger partial charge on any atom is 0.308 e. The van der Waals surface area contributed by atoms with Crippen molar-refractivity contribution < 1.29 is 19.2 Å². The number of likely N-dealkylation sites (N-methyl/N-ethyl adjacent to an activating group) is 1. The van der Waals surface area contributed by atoms with Crippen molar-refractivity contribution in [3.63, 3.8) is 0 Å². The fraction of sp³-hybridized carbons (Fsp3) is 0.556. The van der Waals surface area contributed by atoms with E-state index in [1.807, 2.05) is 19.0 Å². The normalized spacial score (nSPS) is 12.2. The maximum absolute atomic E-state index is 11.9. The lowest BCUT2D eigenvalue weighted by Gasteiger charge is -2.23. The summed E-state index contributed by atoms with van der Waals surface area (Å²) >= 11 is 0. The van der Waals surface area contributed by atoms with E-state index in [0.29, 0.717) is 6.54 Å². The molecule has 0 unspecified atom stereocenters. The van der Waals surface area contributed by atoms with Gasteiger partial charge in [0.25, 0.3) is 5.91 Å². The highest BCUT2D eigenvalue weighted by Crippen LogP contribution is 2.16. The van der Waals surface area contributed by atoms with Gasteiger partial charge in [-0.05, 0) is 12.1 Å². The van der Waals surface area contributed by atoms with Gasteiger partial charge in [-0.2, -0.15) is 0 Å². The standard InChI is InChI=1S/C18H29N3O3/c1-13(2)18(23)24-12-17(22)19-11-16(21(5)6)14-7-9-15(10-8-14)20(3)4/h7-10,13,16H,11-12H2,1-6H3,(H,19,22)/p+1/t16-/m1/s1. The average Bonchev–Trinajstić information content (AvgIpc) is 2.52. The van der Waals surface area contributed by atoms with Gasteiger partial charge in [0.1, 0.15) is 6.04 Å². The SMILES string of the molecule is CC(C)C(=O)OCC(=O)NC[C@H](c1ccc(N(C)C)cc1)[NH+](C)C. The molecule has 1 aromatic carbocycles. The number of anilines is 1. The molecule has 24 heavy (non-hydrogen) atoms. The number of rotatable bonds is 8. The van der Waals surface area contributed by atoms with Crippen LogP contribution in [0.4, 0.5) is 5.69 Å². The number of carbonyl (C=O) groups excluding carboxylic acids is 2. The largest absolute Gasteiger partial charge is 0.455 e. The van der Waals surface area contributed by atoms with E-state index in [2.05, 4.69) is 43.7 Å². The summed E-state index contributed by atoms with van der Waals surface area (Å²) in [6, 6.07) is 8.43. The monoisotopic (exact) mass is 336 g/mol. The van der Waals surface area contributed by atoms with Crippen LogP contribution in [0.2, 0.25) is 0 Å². The number of ether oxygens (including phenoxy) is 1. The highest BCUT2D eigenvalue weighted by molar-refractivity contribution is 5.81. The summed E-state index contributed by atoms with van der Waals surface area (Å²) in [5.41, 5.74) is 2.29. The van der Waals surface area contributed by atoms with Crippen molar-refractivity contribution in [3.8, 4) is 0 Å². The lowest BCUT2D eigenvalue weighted by Crippen LogP contribution is -3.07. The molecule has 0 saturated heterocycles. The summed E-state index contributed by atoms with van der Waals surface area (Å²) in [6.07, 6.45) is 0. The summed E-state index contributed by atoms with van der Waals surface area (Å²) < 4.78 is 4.94. The minimum absolute atomic E-state index is 0.131. The predicted octanol–water partition coefficient (Wildman–Crippen LogP) is 0.254. The number of quaternary nitrogens is 1. The number of benzene rings is 1. The molecule has 0 saturated carbocycles. The van der Waals surface area contributed by atoms with Gasteiger partial charge in [0.2, 0.25) is 0 Å². The lowest BCUT2D eigenvalue weighted by molar-refractivity contribution is -0.890. The smallest absolute Gasteiger partial charge is 0.308 e. The zero-order valence-corrected chi connectivity index (χ0v) is 15.6. The Hall–Kier alpha value is -2.08. The molecule has 0 radical (unpaired) electrons. The summed E-state index contributed by atoms with van der Waals surface area (Å²) in [7, 11) is 8.11. The molecule has 1 atom stereocenters. The predicted molar refractivity (Wildman–Crippen MR) is 95.1 cm³/mol. The second-order valence-corrected chi connectivity index (χ2v) is 6.68. The first-order chi connectivity index (χ1) is 11.2. The van der Waals surface area contributed by atoms with Crippen LogP contribution >= 0.6 is 0 Å². The van der Waals surface area contributed by atoms with Gasteiger partial charge in [-0.1, -0.05) is 26.0 Å². The molecule has 0 spiro atoms. The van der Waals surface area contributed by atoms with Gasteiger partial charge in [-0.15, -0.1) is 0 Å². The van der Waals surface area contributed by atoms with Gasteiger partial charge in [0, 0.05) is 25.3 Å². The molecule has 1 amide bonds. The van der Waals surface area contributed by atoms with Gasteiger partial charge in [0.05, 0.1) is 26.6 Å². The second-order valence-electron chi connectivity index (χ2n) is 6.68. The molecule has 0 aliphatic rings. The fourth-order valence-corrected chi connectivity index (χ4v) is 2.23. The van der Waals surface area contributed by atoms with E-state index in [4.69, 9.17) is 4.74 Å². The van der Waals surface area contributed by atoms with Crippen molar-refractivity contribution in [2.24, 2.45) is 5.92 Å². The van der Waals surface area contributed by atoms with Crippen LogP contribution < -0.4 is 15.1 Å². The molecule has 0 aromatic heterocycles. The van der Waals surface area contributed by atoms with Gasteiger partial charge in [0.15, 0.2) is 6.61 Å². The Balaban J connectivity index is 2.60. The number of nitrogens with one attached hydrogen (secondary N) is 2. The van der Waals surface area contributed by atoms with E-state index in [0.717, 1.165) is 11.3 Å². The molecule has 2 N–H and O–H groups in total. The van der Waals surface area contributed by atoms with E-state index in [-0.39, 0.29) is 30.4 Å². The first kappa shape index (κ1) is 20.0. The molecule has 0 aliphatic heterocycles.